The number of carbonyl (C=O) groups excluding carboxylic acids is 1. The number of nitrogens with zero attached hydrogens (tertiary/aromatic N) is 3. The molecule has 9 nitrogen and oxygen atoms in total. The van der Waals surface area contributed by atoms with Crippen LogP contribution in [0.25, 0.3) is 0 Å². The van der Waals surface area contributed by atoms with Crippen LogP contribution in [0.3, 0.4) is 0 Å². The summed E-state index contributed by atoms with van der Waals surface area (Å²) in [6, 6.07) is 5.59. The highest BCUT2D eigenvalue weighted by molar-refractivity contribution is 7.91. The maximum atomic E-state index is 13.2. The van der Waals surface area contributed by atoms with Crippen molar-refractivity contribution in [2.24, 2.45) is 0 Å². The van der Waals surface area contributed by atoms with E-state index in [4.69, 9.17) is 9.94 Å². The molecular formula is C15H22N4O5S. The number of pyridine rings is 1. The lowest BCUT2D eigenvalue weighted by Crippen LogP contribution is -2.62. The molecule has 0 bridgehead atoms. The third kappa shape index (κ3) is 3.22. The Morgan fingerprint density at radius 2 is 1.88 bits per heavy atom. The van der Waals surface area contributed by atoms with Crippen molar-refractivity contribution in [1.29, 1.82) is 0 Å². The van der Waals surface area contributed by atoms with E-state index in [9.17, 15) is 13.2 Å². The molecule has 10 heteroatoms. The van der Waals surface area contributed by atoms with Crippen LogP contribution in [-0.4, -0.2) is 73.0 Å². The molecule has 2 aliphatic heterocycles. The van der Waals surface area contributed by atoms with E-state index >= 15 is 0 Å². The quantitative estimate of drug-likeness (QED) is 0.547. The Bertz CT molecular complexity index is 698. The van der Waals surface area contributed by atoms with Crippen molar-refractivity contribution >= 4 is 21.7 Å². The second kappa shape index (κ2) is 7.24. The van der Waals surface area contributed by atoms with Crippen molar-refractivity contribution in [3.8, 4) is 0 Å². The third-order valence-corrected chi connectivity index (χ3v) is 7.49. The number of hydrogen-bond donors (Lipinski definition) is 2. The number of nitrogens with one attached hydrogen (secondary N) is 1. The minimum absolute atomic E-state index is 0.0299. The third-order valence-electron chi connectivity index (χ3n) is 4.86. The average Bonchev–Trinajstić information content (AvgIpc) is 2.68. The fraction of sp³-hybridized carbons (Fsp3) is 0.600. The molecule has 25 heavy (non-hydrogen) atoms. The van der Waals surface area contributed by atoms with E-state index in [1.807, 2.05) is 23.1 Å². The summed E-state index contributed by atoms with van der Waals surface area (Å²) in [4.78, 5) is 18.5. The summed E-state index contributed by atoms with van der Waals surface area (Å²) >= 11 is 0. The summed E-state index contributed by atoms with van der Waals surface area (Å²) < 4.78 is 31.2. The van der Waals surface area contributed by atoms with Crippen LogP contribution in [0.5, 0.6) is 0 Å². The van der Waals surface area contributed by atoms with Gasteiger partial charge >= 0.3 is 0 Å². The van der Waals surface area contributed by atoms with Gasteiger partial charge in [-0.1, -0.05) is 6.07 Å². The van der Waals surface area contributed by atoms with Crippen molar-refractivity contribution in [3.63, 3.8) is 0 Å². The number of aromatic nitrogens is 1. The molecule has 0 spiro atoms. The van der Waals surface area contributed by atoms with Crippen LogP contribution in [-0.2, 0) is 19.6 Å². The van der Waals surface area contributed by atoms with Crippen molar-refractivity contribution in [1.82, 2.24) is 14.8 Å². The Balaban J connectivity index is 1.77. The van der Waals surface area contributed by atoms with Gasteiger partial charge in [0.05, 0.1) is 0 Å². The Labute approximate surface area is 146 Å². The normalized spacial score (nSPS) is 21.7. The van der Waals surface area contributed by atoms with Crippen molar-refractivity contribution in [3.05, 3.63) is 24.4 Å². The van der Waals surface area contributed by atoms with Gasteiger partial charge in [0.2, 0.25) is 10.0 Å². The minimum atomic E-state index is -3.93. The Morgan fingerprint density at radius 3 is 2.44 bits per heavy atom. The smallest absolute Gasteiger partial charge is 0.266 e. The summed E-state index contributed by atoms with van der Waals surface area (Å²) in [5.41, 5.74) is 1.53. The van der Waals surface area contributed by atoms with Gasteiger partial charge in [0, 0.05) is 58.4 Å². The van der Waals surface area contributed by atoms with Crippen LogP contribution in [0.2, 0.25) is 0 Å². The first-order valence-corrected chi connectivity index (χ1v) is 9.63. The number of hydrogen-bond acceptors (Lipinski definition) is 7. The molecule has 3 rings (SSSR count). The molecule has 3 heterocycles. The van der Waals surface area contributed by atoms with Crippen LogP contribution in [0.1, 0.15) is 12.8 Å². The zero-order chi connectivity index (χ0) is 17.9. The van der Waals surface area contributed by atoms with E-state index in [0.29, 0.717) is 13.1 Å². The molecule has 0 saturated carbocycles. The molecule has 2 aliphatic rings. The average molecular weight is 370 g/mol. The lowest BCUT2D eigenvalue weighted by atomic mass is 9.98. The van der Waals surface area contributed by atoms with Gasteiger partial charge in [-0.2, -0.15) is 4.31 Å². The summed E-state index contributed by atoms with van der Waals surface area (Å²) in [7, 11) is -3.93. The molecule has 0 aromatic carbocycles. The van der Waals surface area contributed by atoms with Gasteiger partial charge < -0.3 is 9.64 Å². The maximum Gasteiger partial charge on any atom is 0.266 e. The van der Waals surface area contributed by atoms with Gasteiger partial charge in [-0.25, -0.2) is 18.9 Å². The Morgan fingerprint density at radius 1 is 1.20 bits per heavy atom. The first-order chi connectivity index (χ1) is 12.0. The number of ether oxygens (including phenoxy) is 1. The maximum absolute atomic E-state index is 13.2. The molecular weight excluding hydrogens is 348 g/mol. The van der Waals surface area contributed by atoms with Crippen molar-refractivity contribution in [2.45, 2.75) is 17.6 Å². The number of piperazine rings is 1. The van der Waals surface area contributed by atoms with Crippen LogP contribution >= 0.6 is 0 Å². The molecule has 1 amide bonds. The van der Waals surface area contributed by atoms with Gasteiger partial charge in [-0.05, 0) is 12.1 Å². The molecule has 1 aromatic heterocycles. The lowest BCUT2D eigenvalue weighted by Gasteiger charge is -2.41. The lowest BCUT2D eigenvalue weighted by molar-refractivity contribution is -0.134. The molecule has 1 aromatic rings. The molecule has 0 radical (unpaired) electrons. The largest absolute Gasteiger partial charge is 0.381 e. The van der Waals surface area contributed by atoms with E-state index in [0.717, 1.165) is 5.82 Å². The first kappa shape index (κ1) is 18.1. The monoisotopic (exact) mass is 370 g/mol. The highest BCUT2D eigenvalue weighted by atomic mass is 32.2. The van der Waals surface area contributed by atoms with E-state index < -0.39 is 20.7 Å². The molecule has 0 atom stereocenters. The SMILES string of the molecule is O=C(NO)C1(S(=O)(=O)N2CCN(c3ccccn3)CC2)CCOCC1. The standard InChI is InChI=1S/C15H22N4O5S/c20-14(17-21)15(4-11-24-12-5-15)25(22,23)19-9-7-18(8-10-19)13-3-1-2-6-16-13/h1-3,6,21H,4-5,7-12H2,(H,17,20). The minimum Gasteiger partial charge on any atom is -0.381 e. The van der Waals surface area contributed by atoms with Gasteiger partial charge in [0.15, 0.2) is 4.75 Å². The number of carbonyl (C=O) groups is 1. The zero-order valence-electron chi connectivity index (χ0n) is 13.8. The zero-order valence-corrected chi connectivity index (χ0v) is 14.6. The van der Waals surface area contributed by atoms with E-state index in [2.05, 4.69) is 4.98 Å². The van der Waals surface area contributed by atoms with Gasteiger partial charge in [-0.15, -0.1) is 0 Å². The predicted octanol–water partition coefficient (Wildman–Crippen LogP) is -0.412. The van der Waals surface area contributed by atoms with Gasteiger partial charge in [0.25, 0.3) is 5.91 Å². The van der Waals surface area contributed by atoms with Gasteiger partial charge in [0.1, 0.15) is 5.82 Å². The molecule has 2 N–H and O–H groups in total. The van der Waals surface area contributed by atoms with Crippen LogP contribution < -0.4 is 10.4 Å². The van der Waals surface area contributed by atoms with Crippen LogP contribution in [0.4, 0.5) is 5.82 Å². The molecule has 2 saturated heterocycles. The second-order valence-corrected chi connectivity index (χ2v) is 8.37. The number of sulfonamides is 1. The summed E-state index contributed by atoms with van der Waals surface area (Å²) in [6.07, 6.45) is 1.76. The van der Waals surface area contributed by atoms with E-state index in [-0.39, 0.29) is 39.1 Å². The topological polar surface area (TPSA) is 112 Å². The highest BCUT2D eigenvalue weighted by Gasteiger charge is 2.54. The highest BCUT2D eigenvalue weighted by Crippen LogP contribution is 2.33. The molecule has 138 valence electrons. The Kier molecular flexibility index (Phi) is 5.23. The van der Waals surface area contributed by atoms with E-state index in [1.165, 1.54) is 9.79 Å². The fourth-order valence-electron chi connectivity index (χ4n) is 3.35. The Hall–Kier alpha value is -1.75. The summed E-state index contributed by atoms with van der Waals surface area (Å²) in [5, 5.41) is 9.06. The number of hydroxylamine groups is 1. The molecule has 0 aliphatic carbocycles. The first-order valence-electron chi connectivity index (χ1n) is 8.19. The molecule has 0 unspecified atom stereocenters. The summed E-state index contributed by atoms with van der Waals surface area (Å²) in [5.74, 6) is -0.0867. The predicted molar refractivity (Wildman–Crippen MR) is 89.7 cm³/mol. The fourth-order valence-corrected chi connectivity index (χ4v) is 5.45. The van der Waals surface area contributed by atoms with Crippen LogP contribution in [0, 0.1) is 0 Å². The second-order valence-electron chi connectivity index (χ2n) is 6.13. The van der Waals surface area contributed by atoms with Crippen molar-refractivity contribution in [2.75, 3.05) is 44.3 Å². The van der Waals surface area contributed by atoms with E-state index in [1.54, 1.807) is 6.20 Å². The van der Waals surface area contributed by atoms with Crippen LogP contribution in [0.15, 0.2) is 24.4 Å². The number of anilines is 1. The van der Waals surface area contributed by atoms with Crippen molar-refractivity contribution < 1.29 is 23.2 Å². The number of amides is 1. The molecule has 2 fully saturated rings. The summed E-state index contributed by atoms with van der Waals surface area (Å²) in [6.45, 7) is 1.84. The number of rotatable bonds is 4. The van der Waals surface area contributed by atoms with Gasteiger partial charge in [-0.3, -0.25) is 10.0 Å².